The molecule has 5 atom stereocenters. The molecule has 32 heavy (non-hydrogen) atoms. The van der Waals surface area contributed by atoms with Gasteiger partial charge in [0.2, 0.25) is 0 Å². The fourth-order valence-corrected chi connectivity index (χ4v) is 3.70. The summed E-state index contributed by atoms with van der Waals surface area (Å²) in [6, 6.07) is 4.36. The average molecular weight is 458 g/mol. The van der Waals surface area contributed by atoms with Crippen molar-refractivity contribution < 1.29 is 43.1 Å². The number of aliphatic hydroxyl groups excluding tert-OH is 3. The van der Waals surface area contributed by atoms with Crippen molar-refractivity contribution in [1.29, 1.82) is 0 Å². The number of alkyl halides is 3. The molecule has 178 valence electrons. The quantitative estimate of drug-likeness (QED) is 0.298. The molecular formula is C23H29F3O6. The van der Waals surface area contributed by atoms with Crippen molar-refractivity contribution in [3.8, 4) is 5.75 Å². The van der Waals surface area contributed by atoms with Crippen molar-refractivity contribution >= 4 is 5.97 Å². The van der Waals surface area contributed by atoms with E-state index < -0.39 is 41.9 Å². The van der Waals surface area contributed by atoms with Gasteiger partial charge >= 0.3 is 12.1 Å². The minimum absolute atomic E-state index is 0.0190. The SMILES string of the molecule is O=C(O)CCC/C=C\C[C@@H]1[C@H](C=C[C@H](O)COc2cccc(C(F)(F)F)c2)[C@H](O)C[C@H]1O. The minimum Gasteiger partial charge on any atom is -0.491 e. The molecule has 1 aliphatic rings. The smallest absolute Gasteiger partial charge is 0.416 e. The van der Waals surface area contributed by atoms with E-state index in [2.05, 4.69) is 0 Å². The first-order valence-electron chi connectivity index (χ1n) is 10.5. The van der Waals surface area contributed by atoms with Crippen molar-refractivity contribution in [2.45, 2.75) is 56.6 Å². The molecule has 0 aromatic heterocycles. The van der Waals surface area contributed by atoms with Crippen LogP contribution >= 0.6 is 0 Å². The molecule has 2 rings (SSSR count). The lowest BCUT2D eigenvalue weighted by Crippen LogP contribution is -2.21. The molecule has 1 saturated carbocycles. The van der Waals surface area contributed by atoms with Gasteiger partial charge in [-0.3, -0.25) is 4.79 Å². The van der Waals surface area contributed by atoms with Gasteiger partial charge in [0.25, 0.3) is 0 Å². The van der Waals surface area contributed by atoms with Crippen LogP contribution < -0.4 is 4.74 Å². The third-order valence-corrected chi connectivity index (χ3v) is 5.39. The van der Waals surface area contributed by atoms with Crippen LogP contribution in [0.3, 0.4) is 0 Å². The number of halogens is 3. The molecular weight excluding hydrogens is 429 g/mol. The Labute approximate surface area is 184 Å². The van der Waals surface area contributed by atoms with E-state index in [1.54, 1.807) is 6.08 Å². The summed E-state index contributed by atoms with van der Waals surface area (Å²) in [6.45, 7) is -0.267. The van der Waals surface area contributed by atoms with Crippen molar-refractivity contribution in [1.82, 2.24) is 0 Å². The highest BCUT2D eigenvalue weighted by atomic mass is 19.4. The summed E-state index contributed by atoms with van der Waals surface area (Å²) in [5.41, 5.74) is -0.845. The van der Waals surface area contributed by atoms with Gasteiger partial charge in [0.05, 0.1) is 17.8 Å². The molecule has 0 radical (unpaired) electrons. The number of hydrogen-bond donors (Lipinski definition) is 4. The number of hydrogen-bond acceptors (Lipinski definition) is 5. The number of carbonyl (C=O) groups is 1. The van der Waals surface area contributed by atoms with Crippen molar-refractivity contribution in [2.24, 2.45) is 11.8 Å². The summed E-state index contributed by atoms with van der Waals surface area (Å²) in [6.07, 6.45) is 1.48. The van der Waals surface area contributed by atoms with Crippen LogP contribution in [0, 0.1) is 11.8 Å². The van der Waals surface area contributed by atoms with Crippen LogP contribution in [0.5, 0.6) is 5.75 Å². The Morgan fingerprint density at radius 2 is 1.97 bits per heavy atom. The second kappa shape index (κ2) is 12.0. The van der Waals surface area contributed by atoms with Gasteiger partial charge in [0.15, 0.2) is 0 Å². The predicted molar refractivity (Wildman–Crippen MR) is 111 cm³/mol. The first kappa shape index (κ1) is 25.9. The number of carboxylic acids is 1. The summed E-state index contributed by atoms with van der Waals surface area (Å²) in [4.78, 5) is 10.5. The van der Waals surface area contributed by atoms with Crippen LogP contribution in [0.15, 0.2) is 48.6 Å². The van der Waals surface area contributed by atoms with Crippen molar-refractivity contribution in [3.63, 3.8) is 0 Å². The third-order valence-electron chi connectivity index (χ3n) is 5.39. The van der Waals surface area contributed by atoms with Gasteiger partial charge in [-0.2, -0.15) is 13.2 Å². The van der Waals surface area contributed by atoms with Gasteiger partial charge in [-0.15, -0.1) is 0 Å². The van der Waals surface area contributed by atoms with Gasteiger partial charge in [-0.1, -0.05) is 30.4 Å². The van der Waals surface area contributed by atoms with Crippen LogP contribution in [0.1, 0.15) is 37.7 Å². The summed E-state index contributed by atoms with van der Waals surface area (Å²) in [5.74, 6) is -1.55. The van der Waals surface area contributed by atoms with Crippen LogP contribution in [0.25, 0.3) is 0 Å². The first-order valence-corrected chi connectivity index (χ1v) is 10.5. The Morgan fingerprint density at radius 3 is 2.66 bits per heavy atom. The van der Waals surface area contributed by atoms with Gasteiger partial charge in [0, 0.05) is 18.8 Å². The van der Waals surface area contributed by atoms with Crippen LogP contribution in [-0.4, -0.2) is 51.3 Å². The molecule has 9 heteroatoms. The molecule has 4 N–H and O–H groups in total. The van der Waals surface area contributed by atoms with E-state index in [-0.39, 0.29) is 31.1 Å². The van der Waals surface area contributed by atoms with Gasteiger partial charge in [-0.05, 0) is 43.4 Å². The Balaban J connectivity index is 1.87. The van der Waals surface area contributed by atoms with E-state index in [1.807, 2.05) is 12.2 Å². The maximum Gasteiger partial charge on any atom is 0.416 e. The molecule has 0 bridgehead atoms. The molecule has 0 aliphatic heterocycles. The topological polar surface area (TPSA) is 107 Å². The molecule has 0 heterocycles. The summed E-state index contributed by atoms with van der Waals surface area (Å²) in [5, 5.41) is 39.2. The van der Waals surface area contributed by atoms with E-state index >= 15 is 0 Å². The Morgan fingerprint density at radius 1 is 1.22 bits per heavy atom. The maximum absolute atomic E-state index is 12.8. The zero-order chi connectivity index (χ0) is 23.7. The molecule has 1 aromatic rings. The zero-order valence-corrected chi connectivity index (χ0v) is 17.5. The number of aliphatic carboxylic acids is 1. The molecule has 1 aromatic carbocycles. The number of ether oxygens (including phenoxy) is 1. The van der Waals surface area contributed by atoms with E-state index in [0.717, 1.165) is 12.1 Å². The fraction of sp³-hybridized carbons (Fsp3) is 0.522. The maximum atomic E-state index is 12.8. The minimum atomic E-state index is -4.49. The number of carboxylic acid groups (broad SMARTS) is 1. The molecule has 1 fully saturated rings. The lowest BCUT2D eigenvalue weighted by atomic mass is 9.89. The van der Waals surface area contributed by atoms with E-state index in [1.165, 1.54) is 18.2 Å². The molecule has 6 nitrogen and oxygen atoms in total. The largest absolute Gasteiger partial charge is 0.491 e. The molecule has 1 aliphatic carbocycles. The standard InChI is InChI=1S/C23H29F3O6/c24-23(25,26)15-6-5-7-17(12-15)32-14-16(27)10-11-19-18(20(28)13-21(19)29)8-3-1-2-4-9-22(30)31/h1,3,5-7,10-12,16,18-21,27-29H,2,4,8-9,13-14H2,(H,30,31)/b3-1-,11-10?/t16-,18+,19-,20+,21+/m0/s1. The molecule has 0 spiro atoms. The summed E-state index contributed by atoms with van der Waals surface area (Å²) < 4.78 is 43.5. The van der Waals surface area contributed by atoms with Crippen LogP contribution in [-0.2, 0) is 11.0 Å². The number of rotatable bonds is 11. The lowest BCUT2D eigenvalue weighted by molar-refractivity contribution is -0.138. The van der Waals surface area contributed by atoms with Gasteiger partial charge in [-0.25, -0.2) is 0 Å². The van der Waals surface area contributed by atoms with E-state index in [0.29, 0.717) is 19.3 Å². The van der Waals surface area contributed by atoms with Crippen LogP contribution in [0.2, 0.25) is 0 Å². The Hall–Kier alpha value is -2.36. The second-order valence-corrected chi connectivity index (χ2v) is 7.89. The Bertz CT molecular complexity index is 792. The van der Waals surface area contributed by atoms with Gasteiger partial charge in [0.1, 0.15) is 18.5 Å². The highest BCUT2D eigenvalue weighted by Gasteiger charge is 2.39. The molecule has 0 saturated heterocycles. The molecule has 0 unspecified atom stereocenters. The second-order valence-electron chi connectivity index (χ2n) is 7.89. The molecule has 0 amide bonds. The number of benzene rings is 1. The summed E-state index contributed by atoms with van der Waals surface area (Å²) >= 11 is 0. The number of unbranched alkanes of at least 4 members (excludes halogenated alkanes) is 1. The van der Waals surface area contributed by atoms with Crippen molar-refractivity contribution in [3.05, 3.63) is 54.1 Å². The van der Waals surface area contributed by atoms with Gasteiger partial charge < -0.3 is 25.2 Å². The fourth-order valence-electron chi connectivity index (χ4n) is 3.70. The first-order chi connectivity index (χ1) is 15.1. The van der Waals surface area contributed by atoms with Crippen molar-refractivity contribution in [2.75, 3.05) is 6.61 Å². The number of aliphatic hydroxyl groups is 3. The lowest BCUT2D eigenvalue weighted by Gasteiger charge is -2.19. The third kappa shape index (κ3) is 8.29. The average Bonchev–Trinajstić information content (AvgIpc) is 2.99. The normalized spacial score (nSPS) is 24.9. The Kier molecular flexibility index (Phi) is 9.74. The number of allylic oxidation sites excluding steroid dienone is 2. The summed E-state index contributed by atoms with van der Waals surface area (Å²) in [7, 11) is 0. The highest BCUT2D eigenvalue weighted by molar-refractivity contribution is 5.66. The predicted octanol–water partition coefficient (Wildman–Crippen LogP) is 3.56. The monoisotopic (exact) mass is 458 g/mol. The van der Waals surface area contributed by atoms with E-state index in [9.17, 15) is 33.3 Å². The zero-order valence-electron chi connectivity index (χ0n) is 17.5. The van der Waals surface area contributed by atoms with Crippen LogP contribution in [0.4, 0.5) is 13.2 Å². The highest BCUT2D eigenvalue weighted by Crippen LogP contribution is 2.36. The van der Waals surface area contributed by atoms with E-state index in [4.69, 9.17) is 9.84 Å².